The first-order chi connectivity index (χ1) is 10.6. The summed E-state index contributed by atoms with van der Waals surface area (Å²) in [5.74, 6) is 0.398. The third kappa shape index (κ3) is 4.04. The van der Waals surface area contributed by atoms with Crippen molar-refractivity contribution in [2.24, 2.45) is 0 Å². The van der Waals surface area contributed by atoms with Crippen LogP contribution in [0.15, 0.2) is 48.5 Å². The molecule has 0 unspecified atom stereocenters. The first-order valence-corrected chi connectivity index (χ1v) is 7.52. The first-order valence-electron chi connectivity index (χ1n) is 7.52. The van der Waals surface area contributed by atoms with Gasteiger partial charge in [-0.15, -0.1) is 0 Å². The van der Waals surface area contributed by atoms with E-state index < -0.39 is 0 Å². The van der Waals surface area contributed by atoms with E-state index in [1.165, 1.54) is 5.56 Å². The maximum absolute atomic E-state index is 12.2. The Balaban J connectivity index is 2.02. The molecule has 0 aliphatic heterocycles. The van der Waals surface area contributed by atoms with Crippen LogP contribution in [-0.4, -0.2) is 18.2 Å². The van der Waals surface area contributed by atoms with Gasteiger partial charge in [0, 0.05) is 11.1 Å². The molecule has 3 nitrogen and oxygen atoms in total. The Morgan fingerprint density at radius 2 is 1.32 bits per heavy atom. The fraction of sp³-hybridized carbons (Fsp3) is 0.263. The summed E-state index contributed by atoms with van der Waals surface area (Å²) in [6.45, 7) is 4.55. The molecule has 0 saturated heterocycles. The fourth-order valence-corrected chi connectivity index (χ4v) is 2.18. The Bertz CT molecular complexity index is 639. The summed E-state index contributed by atoms with van der Waals surface area (Å²) in [7, 11) is 0. The average molecular weight is 296 g/mol. The minimum atomic E-state index is -0.174. The summed E-state index contributed by atoms with van der Waals surface area (Å²) in [5, 5.41) is 0. The van der Waals surface area contributed by atoms with Gasteiger partial charge in [-0.3, -0.25) is 9.59 Å². The number of carbonyl (C=O) groups is 2. The molecule has 2 rings (SSSR count). The highest BCUT2D eigenvalue weighted by molar-refractivity contribution is 6.13. The van der Waals surface area contributed by atoms with Crippen LogP contribution in [0.25, 0.3) is 0 Å². The topological polar surface area (TPSA) is 43.4 Å². The summed E-state index contributed by atoms with van der Waals surface area (Å²) in [4.78, 5) is 24.3. The number of ketones is 2. The van der Waals surface area contributed by atoms with E-state index in [1.54, 1.807) is 36.4 Å². The van der Waals surface area contributed by atoms with Crippen LogP contribution < -0.4 is 4.74 Å². The van der Waals surface area contributed by atoms with Gasteiger partial charge in [0.25, 0.3) is 0 Å². The third-order valence-electron chi connectivity index (χ3n) is 3.49. The predicted octanol–water partition coefficient (Wildman–Crippen LogP) is 4.10. The van der Waals surface area contributed by atoms with Crippen molar-refractivity contribution in [3.05, 3.63) is 65.2 Å². The quantitative estimate of drug-likeness (QED) is 0.570. The van der Waals surface area contributed by atoms with Crippen LogP contribution in [0, 0.1) is 0 Å². The van der Waals surface area contributed by atoms with Crippen molar-refractivity contribution in [3.8, 4) is 5.75 Å². The van der Waals surface area contributed by atoms with Crippen molar-refractivity contribution in [2.45, 2.75) is 26.7 Å². The van der Waals surface area contributed by atoms with Gasteiger partial charge in [0.1, 0.15) is 5.75 Å². The molecular formula is C19H20O3. The lowest BCUT2D eigenvalue weighted by Gasteiger charge is -2.05. The molecule has 2 aromatic rings. The van der Waals surface area contributed by atoms with Crippen molar-refractivity contribution >= 4 is 11.6 Å². The zero-order valence-electron chi connectivity index (χ0n) is 13.0. The van der Waals surface area contributed by atoms with Crippen LogP contribution in [0.1, 0.15) is 46.5 Å². The summed E-state index contributed by atoms with van der Waals surface area (Å²) >= 11 is 0. The smallest absolute Gasteiger partial charge is 0.170 e. The molecule has 0 radical (unpaired) electrons. The Kier molecular flexibility index (Phi) is 5.48. The van der Waals surface area contributed by atoms with E-state index in [9.17, 15) is 9.59 Å². The number of aryl methyl sites for hydroxylation is 1. The van der Waals surface area contributed by atoms with Crippen molar-refractivity contribution in [1.82, 2.24) is 0 Å². The van der Waals surface area contributed by atoms with Gasteiger partial charge in [-0.25, -0.2) is 0 Å². The molecule has 0 atom stereocenters. The largest absolute Gasteiger partial charge is 0.494 e. The van der Waals surface area contributed by atoms with Gasteiger partial charge in [-0.2, -0.15) is 0 Å². The lowest BCUT2D eigenvalue weighted by Crippen LogP contribution is -2.08. The Hall–Kier alpha value is -2.42. The highest BCUT2D eigenvalue weighted by Crippen LogP contribution is 2.15. The molecule has 0 heterocycles. The molecule has 0 spiro atoms. The van der Waals surface area contributed by atoms with Crippen LogP contribution in [0.5, 0.6) is 5.75 Å². The predicted molar refractivity (Wildman–Crippen MR) is 86.7 cm³/mol. The van der Waals surface area contributed by atoms with E-state index in [4.69, 9.17) is 4.74 Å². The van der Waals surface area contributed by atoms with Gasteiger partial charge in [-0.1, -0.05) is 31.2 Å². The van der Waals surface area contributed by atoms with Crippen molar-refractivity contribution in [3.63, 3.8) is 0 Å². The molecular weight excluding hydrogens is 276 g/mol. The molecule has 2 aromatic carbocycles. The van der Waals surface area contributed by atoms with Crippen LogP contribution in [-0.2, 0) is 6.42 Å². The van der Waals surface area contributed by atoms with E-state index in [2.05, 4.69) is 6.92 Å². The van der Waals surface area contributed by atoms with Crippen LogP contribution >= 0.6 is 0 Å². The third-order valence-corrected chi connectivity index (χ3v) is 3.49. The maximum Gasteiger partial charge on any atom is 0.170 e. The molecule has 114 valence electrons. The molecule has 3 heteroatoms. The van der Waals surface area contributed by atoms with Gasteiger partial charge in [0.15, 0.2) is 11.6 Å². The van der Waals surface area contributed by atoms with Crippen LogP contribution in [0.3, 0.4) is 0 Å². The monoisotopic (exact) mass is 296 g/mol. The van der Waals surface area contributed by atoms with Gasteiger partial charge >= 0.3 is 0 Å². The zero-order chi connectivity index (χ0) is 15.9. The second kappa shape index (κ2) is 7.55. The highest BCUT2D eigenvalue weighted by Gasteiger charge is 2.13. The number of hydrogen-bond acceptors (Lipinski definition) is 3. The van der Waals surface area contributed by atoms with Gasteiger partial charge in [-0.05, 0) is 43.2 Å². The van der Waals surface area contributed by atoms with Crippen molar-refractivity contribution in [2.75, 3.05) is 6.61 Å². The summed E-state index contributed by atoms with van der Waals surface area (Å²) in [6.07, 6.45) is 0.818. The minimum absolute atomic E-state index is 0.112. The standard InChI is InChI=1S/C19H20O3/c1-3-14-5-7-15(8-6-14)18(20)13-19(21)16-9-11-17(12-10-16)22-4-2/h5-12H,3-4,13H2,1-2H3. The lowest BCUT2D eigenvalue weighted by molar-refractivity contribution is 0.0894. The molecule has 0 fully saturated rings. The summed E-state index contributed by atoms with van der Waals surface area (Å²) < 4.78 is 5.33. The highest BCUT2D eigenvalue weighted by atomic mass is 16.5. The molecule has 0 bridgehead atoms. The van der Waals surface area contributed by atoms with Gasteiger partial charge < -0.3 is 4.74 Å². The van der Waals surface area contributed by atoms with Crippen molar-refractivity contribution < 1.29 is 14.3 Å². The van der Waals surface area contributed by atoms with E-state index in [0.717, 1.165) is 12.2 Å². The Morgan fingerprint density at radius 3 is 1.77 bits per heavy atom. The Labute approximate surface area is 130 Å². The van der Waals surface area contributed by atoms with E-state index in [-0.39, 0.29) is 18.0 Å². The summed E-state index contributed by atoms with van der Waals surface area (Å²) in [6, 6.07) is 14.3. The van der Waals surface area contributed by atoms with Crippen LogP contribution in [0.2, 0.25) is 0 Å². The number of ether oxygens (including phenoxy) is 1. The minimum Gasteiger partial charge on any atom is -0.494 e. The molecule has 0 aliphatic rings. The first kappa shape index (κ1) is 16.0. The van der Waals surface area contributed by atoms with Gasteiger partial charge in [0.05, 0.1) is 13.0 Å². The van der Waals surface area contributed by atoms with Crippen molar-refractivity contribution in [1.29, 1.82) is 0 Å². The van der Waals surface area contributed by atoms with Gasteiger partial charge in [0.2, 0.25) is 0 Å². The molecule has 0 aromatic heterocycles. The molecule has 22 heavy (non-hydrogen) atoms. The molecule has 0 amide bonds. The number of rotatable bonds is 7. The van der Waals surface area contributed by atoms with E-state index in [1.807, 2.05) is 19.1 Å². The molecule has 0 saturated carbocycles. The second-order valence-electron chi connectivity index (χ2n) is 5.03. The molecule has 0 N–H and O–H groups in total. The van der Waals surface area contributed by atoms with Crippen LogP contribution in [0.4, 0.5) is 0 Å². The average Bonchev–Trinajstić information content (AvgIpc) is 2.55. The fourth-order valence-electron chi connectivity index (χ4n) is 2.18. The van der Waals surface area contributed by atoms with E-state index in [0.29, 0.717) is 17.7 Å². The normalized spacial score (nSPS) is 10.3. The maximum atomic E-state index is 12.2. The SMILES string of the molecule is CCOc1ccc(C(=O)CC(=O)c2ccc(CC)cc2)cc1. The molecule has 0 aliphatic carbocycles. The zero-order valence-corrected chi connectivity index (χ0v) is 13.0. The number of benzene rings is 2. The number of carbonyl (C=O) groups excluding carboxylic acids is 2. The lowest BCUT2D eigenvalue weighted by atomic mass is 10.0. The number of Topliss-reactive ketones (excluding diaryl/α,β-unsaturated/α-hetero) is 2. The number of hydrogen-bond donors (Lipinski definition) is 0. The Morgan fingerprint density at radius 1 is 0.818 bits per heavy atom. The summed E-state index contributed by atoms with van der Waals surface area (Å²) in [5.41, 5.74) is 2.29. The second-order valence-corrected chi connectivity index (χ2v) is 5.03. The van der Waals surface area contributed by atoms with E-state index >= 15 is 0 Å².